The smallest absolute Gasteiger partial charge is 0.255 e. The average Bonchev–Trinajstić information content (AvgIpc) is 3.77. The Morgan fingerprint density at radius 3 is 2.18 bits per heavy atom. The van der Waals surface area contributed by atoms with Crippen LogP contribution in [0.25, 0.3) is 0 Å². The van der Waals surface area contributed by atoms with Gasteiger partial charge in [0.05, 0.1) is 6.04 Å². The molecule has 1 heterocycles. The molecular formula is C36H54N6O7. The van der Waals surface area contributed by atoms with Crippen molar-refractivity contribution >= 4 is 35.4 Å². The lowest BCUT2D eigenvalue weighted by molar-refractivity contribution is -0.137. The van der Waals surface area contributed by atoms with E-state index in [0.29, 0.717) is 38.0 Å². The third-order valence-electron chi connectivity index (χ3n) is 8.75. The van der Waals surface area contributed by atoms with Crippen molar-refractivity contribution in [3.05, 3.63) is 36.6 Å². The second-order valence-electron chi connectivity index (χ2n) is 13.2. The van der Waals surface area contributed by atoms with E-state index >= 15 is 0 Å². The van der Waals surface area contributed by atoms with Gasteiger partial charge in [-0.25, -0.2) is 0 Å². The number of imide groups is 1. The minimum Gasteiger partial charge on any atom is -0.396 e. The number of hydrogen-bond donors (Lipinski definition) is 6. The summed E-state index contributed by atoms with van der Waals surface area (Å²) in [5.74, 6) is -0.339. The second kappa shape index (κ2) is 20.2. The van der Waals surface area contributed by atoms with Crippen LogP contribution in [0.1, 0.15) is 85.0 Å². The maximum Gasteiger partial charge on any atom is 0.255 e. The third-order valence-corrected chi connectivity index (χ3v) is 8.75. The van der Waals surface area contributed by atoms with Gasteiger partial charge in [-0.15, -0.1) is 6.42 Å². The molecule has 0 aromatic carbocycles. The molecule has 0 spiro atoms. The lowest BCUT2D eigenvalue weighted by Gasteiger charge is -2.30. The van der Waals surface area contributed by atoms with Crippen molar-refractivity contribution in [2.75, 3.05) is 26.2 Å². The number of hydrogen-bond acceptors (Lipinski definition) is 8. The van der Waals surface area contributed by atoms with Crippen LogP contribution in [-0.4, -0.2) is 89.8 Å². The number of terminal acetylenes is 1. The number of carbonyl (C=O) groups is 6. The number of nitrogens with zero attached hydrogens (tertiary/aromatic N) is 1. The fraction of sp³-hybridized carbons (Fsp3) is 0.611. The summed E-state index contributed by atoms with van der Waals surface area (Å²) in [4.78, 5) is 76.5. The Kier molecular flexibility index (Phi) is 16.8. The van der Waals surface area contributed by atoms with Crippen molar-refractivity contribution in [3.63, 3.8) is 0 Å². The van der Waals surface area contributed by atoms with Gasteiger partial charge in [0.25, 0.3) is 17.7 Å². The van der Waals surface area contributed by atoms with Crippen LogP contribution in [0.15, 0.2) is 36.6 Å². The quantitative estimate of drug-likeness (QED) is 0.0381. The molecule has 2 aliphatic rings. The van der Waals surface area contributed by atoms with E-state index in [1.807, 2.05) is 13.8 Å². The first-order valence-electron chi connectivity index (χ1n) is 17.1. The summed E-state index contributed by atoms with van der Waals surface area (Å²) >= 11 is 0. The highest BCUT2D eigenvalue weighted by Gasteiger charge is 2.40. The number of unbranched alkanes of at least 4 members (excludes halogenated alkanes) is 3. The first-order valence-corrected chi connectivity index (χ1v) is 17.1. The van der Waals surface area contributed by atoms with Crippen LogP contribution in [0, 0.1) is 23.7 Å². The van der Waals surface area contributed by atoms with Gasteiger partial charge < -0.3 is 31.7 Å². The van der Waals surface area contributed by atoms with Crippen LogP contribution in [0.3, 0.4) is 0 Å². The van der Waals surface area contributed by atoms with Crippen LogP contribution >= 0.6 is 0 Å². The summed E-state index contributed by atoms with van der Waals surface area (Å²) in [5, 5.41) is 23.5. The Morgan fingerprint density at radius 2 is 1.61 bits per heavy atom. The zero-order chi connectivity index (χ0) is 36.6. The highest BCUT2D eigenvalue weighted by atomic mass is 16.3. The lowest BCUT2D eigenvalue weighted by Crippen LogP contribution is -2.54. The van der Waals surface area contributed by atoms with E-state index in [-0.39, 0.29) is 60.6 Å². The van der Waals surface area contributed by atoms with Gasteiger partial charge in [-0.2, -0.15) is 0 Å². The maximum atomic E-state index is 13.7. The van der Waals surface area contributed by atoms with Gasteiger partial charge >= 0.3 is 0 Å². The largest absolute Gasteiger partial charge is 0.396 e. The molecule has 6 N–H and O–H groups in total. The molecule has 0 radical (unpaired) electrons. The minimum atomic E-state index is -1.25. The van der Waals surface area contributed by atoms with Gasteiger partial charge in [0.2, 0.25) is 17.7 Å². The van der Waals surface area contributed by atoms with E-state index in [9.17, 15) is 33.9 Å². The van der Waals surface area contributed by atoms with Gasteiger partial charge in [-0.1, -0.05) is 45.8 Å². The normalized spacial score (nSPS) is 16.3. The fourth-order valence-corrected chi connectivity index (χ4v) is 5.48. The van der Waals surface area contributed by atoms with Gasteiger partial charge in [0, 0.05) is 56.9 Å². The Bertz CT molecular complexity index is 1290. The summed E-state index contributed by atoms with van der Waals surface area (Å²) in [7, 11) is 0. The van der Waals surface area contributed by atoms with Gasteiger partial charge in [-0.3, -0.25) is 33.7 Å². The van der Waals surface area contributed by atoms with Gasteiger partial charge in [0.15, 0.2) is 6.04 Å². The van der Waals surface area contributed by atoms with Crippen molar-refractivity contribution < 1.29 is 33.9 Å². The van der Waals surface area contributed by atoms with E-state index < -0.39 is 35.8 Å². The minimum absolute atomic E-state index is 0.0544. The molecule has 1 aliphatic carbocycles. The molecule has 1 fully saturated rings. The second-order valence-corrected chi connectivity index (χ2v) is 13.2. The number of carbonyl (C=O) groups excluding carboxylic acids is 6. The molecule has 6 amide bonds. The SMILES string of the molecule is C#C[C@H](NC(=C)[C@@H](NC(=O)[C@@H](NC(=O)CCCCCN1C(=O)C=CC1=O)C(=C)CC(=O)NCCCCC1(CO)CC1)C(C)C)C(=O)NCC. The van der Waals surface area contributed by atoms with Crippen molar-refractivity contribution in [3.8, 4) is 12.3 Å². The van der Waals surface area contributed by atoms with Crippen LogP contribution in [0.5, 0.6) is 0 Å². The molecule has 2 rings (SSSR count). The summed E-state index contributed by atoms with van der Waals surface area (Å²) in [6.07, 6.45) is 14.0. The molecule has 0 aromatic heterocycles. The topological polar surface area (TPSA) is 186 Å². The molecule has 0 aromatic rings. The van der Waals surface area contributed by atoms with E-state index in [4.69, 9.17) is 6.42 Å². The molecular weight excluding hydrogens is 628 g/mol. The molecule has 1 aliphatic heterocycles. The molecule has 3 atom stereocenters. The van der Waals surface area contributed by atoms with Crippen LogP contribution in [0.4, 0.5) is 0 Å². The van der Waals surface area contributed by atoms with Crippen molar-refractivity contribution in [1.29, 1.82) is 0 Å². The van der Waals surface area contributed by atoms with Crippen LogP contribution < -0.4 is 26.6 Å². The number of rotatable bonds is 24. The Balaban J connectivity index is 2.02. The first kappa shape index (κ1) is 40.7. The molecule has 0 unspecified atom stereocenters. The number of nitrogens with one attached hydrogen (secondary N) is 5. The molecule has 1 saturated carbocycles. The van der Waals surface area contributed by atoms with Crippen LogP contribution in [-0.2, 0) is 28.8 Å². The monoisotopic (exact) mass is 682 g/mol. The number of aliphatic hydroxyl groups is 1. The highest BCUT2D eigenvalue weighted by molar-refractivity contribution is 6.12. The number of likely N-dealkylation sites (N-methyl/N-ethyl adjacent to an activating group) is 1. The lowest BCUT2D eigenvalue weighted by atomic mass is 9.98. The molecule has 49 heavy (non-hydrogen) atoms. The highest BCUT2D eigenvalue weighted by Crippen LogP contribution is 2.49. The van der Waals surface area contributed by atoms with E-state index in [1.165, 1.54) is 12.2 Å². The number of amides is 6. The fourth-order valence-electron chi connectivity index (χ4n) is 5.48. The van der Waals surface area contributed by atoms with E-state index in [0.717, 1.165) is 37.0 Å². The summed E-state index contributed by atoms with van der Waals surface area (Å²) in [6, 6.07) is -2.96. The Labute approximate surface area is 290 Å². The van der Waals surface area contributed by atoms with E-state index in [1.54, 1.807) is 6.92 Å². The standard InChI is InChI=1S/C36H54N6O7/c1-7-27(34(48)37-8-2)39-26(6)32(24(3)4)41-35(49)33(25(5)22-29(45)38-20-12-11-17-36(23-43)18-19-36)40-28(44)14-10-9-13-21-42-30(46)15-16-31(42)47/h1,15-16,24,27,32-33,39,43H,5-6,8-14,17-23H2,2-4H3,(H,37,48)(H,38,45)(H,40,44)(H,41,49)/t27-,32-,33-/m0/s1. The Morgan fingerprint density at radius 1 is 0.939 bits per heavy atom. The molecule has 0 saturated heterocycles. The van der Waals surface area contributed by atoms with Crippen molar-refractivity contribution in [2.45, 2.75) is 103 Å². The zero-order valence-electron chi connectivity index (χ0n) is 29.2. The summed E-state index contributed by atoms with van der Waals surface area (Å²) < 4.78 is 0. The van der Waals surface area contributed by atoms with Crippen molar-refractivity contribution in [1.82, 2.24) is 31.5 Å². The van der Waals surface area contributed by atoms with Crippen molar-refractivity contribution in [2.24, 2.45) is 11.3 Å². The third kappa shape index (κ3) is 13.5. The van der Waals surface area contributed by atoms with E-state index in [2.05, 4.69) is 45.7 Å². The molecule has 13 heteroatoms. The Hall–Kier alpha value is -4.44. The van der Waals surface area contributed by atoms with Gasteiger partial charge in [0.1, 0.15) is 6.04 Å². The average molecular weight is 683 g/mol. The summed E-state index contributed by atoms with van der Waals surface area (Å²) in [5.41, 5.74) is 0.535. The number of aliphatic hydroxyl groups excluding tert-OH is 1. The van der Waals surface area contributed by atoms with Crippen LogP contribution in [0.2, 0.25) is 0 Å². The first-order chi connectivity index (χ1) is 23.3. The maximum absolute atomic E-state index is 13.7. The molecule has 270 valence electrons. The predicted molar refractivity (Wildman–Crippen MR) is 186 cm³/mol. The zero-order valence-corrected chi connectivity index (χ0v) is 29.2. The predicted octanol–water partition coefficient (Wildman–Crippen LogP) is 1.34. The molecule has 13 nitrogen and oxygen atoms in total. The van der Waals surface area contributed by atoms with Gasteiger partial charge in [-0.05, 0) is 62.4 Å². The summed E-state index contributed by atoms with van der Waals surface area (Å²) in [6.45, 7) is 14.7. The molecule has 0 bridgehead atoms.